The van der Waals surface area contributed by atoms with Gasteiger partial charge in [0.25, 0.3) is 0 Å². The third-order valence-electron chi connectivity index (χ3n) is 4.40. The number of carboxylic acid groups (broad SMARTS) is 1. The summed E-state index contributed by atoms with van der Waals surface area (Å²) >= 11 is 0. The molecule has 20 heavy (non-hydrogen) atoms. The van der Waals surface area contributed by atoms with Crippen LogP contribution in [0, 0.1) is 23.7 Å². The van der Waals surface area contributed by atoms with Gasteiger partial charge in [-0.05, 0) is 24.7 Å². The molecule has 3 unspecified atom stereocenters. The van der Waals surface area contributed by atoms with Crippen LogP contribution in [0.1, 0.15) is 26.2 Å². The molecule has 1 amide bonds. The van der Waals surface area contributed by atoms with Crippen LogP contribution in [0.4, 0.5) is 0 Å². The lowest BCUT2D eigenvalue weighted by molar-refractivity contribution is -0.148. The van der Waals surface area contributed by atoms with E-state index in [9.17, 15) is 14.7 Å². The third kappa shape index (κ3) is 2.87. The number of methoxy groups -OCH3 is 1. The van der Waals surface area contributed by atoms with Gasteiger partial charge in [-0.3, -0.25) is 9.59 Å². The number of nitrogens with one attached hydrogen (secondary N) is 1. The molecule has 5 atom stereocenters. The van der Waals surface area contributed by atoms with E-state index in [1.165, 1.54) is 0 Å². The molecular weight excluding hydrogens is 258 g/mol. The van der Waals surface area contributed by atoms with Crippen LogP contribution in [0.25, 0.3) is 0 Å². The molecule has 0 spiro atoms. The number of rotatable bonds is 7. The first-order chi connectivity index (χ1) is 9.58. The Bertz CT molecular complexity index is 401. The Morgan fingerprint density at radius 2 is 2.00 bits per heavy atom. The number of carbonyl (C=O) groups excluding carboxylic acids is 1. The van der Waals surface area contributed by atoms with Crippen LogP contribution in [-0.4, -0.2) is 36.7 Å². The van der Waals surface area contributed by atoms with E-state index in [0.29, 0.717) is 6.61 Å². The summed E-state index contributed by atoms with van der Waals surface area (Å²) < 4.78 is 5.11. The summed E-state index contributed by atoms with van der Waals surface area (Å²) in [7, 11) is 1.61. The van der Waals surface area contributed by atoms with E-state index >= 15 is 0 Å². The summed E-state index contributed by atoms with van der Waals surface area (Å²) in [6, 6.07) is -0.0324. The first-order valence-electron chi connectivity index (χ1n) is 7.28. The summed E-state index contributed by atoms with van der Waals surface area (Å²) in [5.41, 5.74) is 0. The quantitative estimate of drug-likeness (QED) is 0.692. The minimum Gasteiger partial charge on any atom is -0.481 e. The van der Waals surface area contributed by atoms with Crippen molar-refractivity contribution in [1.82, 2.24) is 5.32 Å². The van der Waals surface area contributed by atoms with Crippen LogP contribution < -0.4 is 5.32 Å². The fourth-order valence-corrected chi connectivity index (χ4v) is 3.56. The number of carbonyl (C=O) groups is 2. The standard InChI is InChI=1S/C15H23NO4/c1-3-4-11(8-20-2)16-14(17)12-9-5-6-10(7-9)13(12)15(18)19/h5-6,9-13H,3-4,7-8H2,1-2H3,(H,16,17)(H,18,19)/t9?,10?,11?,12-,13+/m0/s1. The van der Waals surface area contributed by atoms with Crippen molar-refractivity contribution in [1.29, 1.82) is 0 Å². The molecule has 5 nitrogen and oxygen atoms in total. The lowest BCUT2D eigenvalue weighted by atomic mass is 9.82. The van der Waals surface area contributed by atoms with Gasteiger partial charge in [-0.25, -0.2) is 0 Å². The molecule has 0 aromatic rings. The lowest BCUT2D eigenvalue weighted by Crippen LogP contribution is -2.45. The molecule has 5 heteroatoms. The minimum absolute atomic E-state index is 0.0142. The molecule has 112 valence electrons. The van der Waals surface area contributed by atoms with Gasteiger partial charge in [0.1, 0.15) is 0 Å². The van der Waals surface area contributed by atoms with E-state index in [4.69, 9.17) is 4.74 Å². The number of hydrogen-bond acceptors (Lipinski definition) is 3. The second-order valence-corrected chi connectivity index (χ2v) is 5.79. The maximum Gasteiger partial charge on any atom is 0.307 e. The van der Waals surface area contributed by atoms with E-state index in [1.54, 1.807) is 7.11 Å². The molecule has 1 fully saturated rings. The highest BCUT2D eigenvalue weighted by Crippen LogP contribution is 2.48. The zero-order chi connectivity index (χ0) is 14.7. The summed E-state index contributed by atoms with van der Waals surface area (Å²) in [5.74, 6) is -1.91. The number of ether oxygens (including phenoxy) is 1. The number of carboxylic acids is 1. The molecular formula is C15H23NO4. The summed E-state index contributed by atoms with van der Waals surface area (Å²) in [6.07, 6.45) is 6.53. The summed E-state index contributed by atoms with van der Waals surface area (Å²) in [4.78, 5) is 23.9. The average Bonchev–Trinajstić information content (AvgIpc) is 2.99. The number of allylic oxidation sites excluding steroid dienone is 2. The highest BCUT2D eigenvalue weighted by atomic mass is 16.5. The van der Waals surface area contributed by atoms with Crippen molar-refractivity contribution in [2.45, 2.75) is 32.2 Å². The molecule has 0 aromatic heterocycles. The number of aliphatic carboxylic acids is 1. The molecule has 0 aromatic carbocycles. The maximum atomic E-state index is 12.4. The number of amides is 1. The molecule has 0 radical (unpaired) electrons. The lowest BCUT2D eigenvalue weighted by Gasteiger charge is -2.26. The van der Waals surface area contributed by atoms with Crippen molar-refractivity contribution in [3.05, 3.63) is 12.2 Å². The molecule has 2 N–H and O–H groups in total. The van der Waals surface area contributed by atoms with Crippen molar-refractivity contribution in [2.24, 2.45) is 23.7 Å². The van der Waals surface area contributed by atoms with Gasteiger partial charge < -0.3 is 15.2 Å². The molecule has 2 bridgehead atoms. The van der Waals surface area contributed by atoms with Crippen molar-refractivity contribution in [3.8, 4) is 0 Å². The fourth-order valence-electron chi connectivity index (χ4n) is 3.56. The van der Waals surface area contributed by atoms with Gasteiger partial charge in [0.15, 0.2) is 0 Å². The summed E-state index contributed by atoms with van der Waals surface area (Å²) in [5, 5.41) is 12.3. The van der Waals surface area contributed by atoms with Gasteiger partial charge in [-0.1, -0.05) is 25.5 Å². The summed E-state index contributed by atoms with van der Waals surface area (Å²) in [6.45, 7) is 2.52. The topological polar surface area (TPSA) is 75.6 Å². The molecule has 2 aliphatic carbocycles. The van der Waals surface area contributed by atoms with Crippen LogP contribution in [0.2, 0.25) is 0 Å². The Labute approximate surface area is 119 Å². The van der Waals surface area contributed by atoms with Crippen molar-refractivity contribution in [3.63, 3.8) is 0 Å². The SMILES string of the molecule is CCCC(COC)NC(=O)[C@H]1C2C=CC(C2)[C@H]1C(=O)O. The first-order valence-corrected chi connectivity index (χ1v) is 7.28. The van der Waals surface area contributed by atoms with Crippen LogP contribution in [0.15, 0.2) is 12.2 Å². The Morgan fingerprint density at radius 1 is 1.35 bits per heavy atom. The van der Waals surface area contributed by atoms with E-state index in [-0.39, 0.29) is 23.8 Å². The predicted octanol–water partition coefficient (Wildman–Crippen LogP) is 1.44. The normalized spacial score (nSPS) is 32.3. The Hall–Kier alpha value is -1.36. The average molecular weight is 281 g/mol. The highest BCUT2D eigenvalue weighted by molar-refractivity contribution is 5.87. The second-order valence-electron chi connectivity index (χ2n) is 5.79. The smallest absolute Gasteiger partial charge is 0.307 e. The Morgan fingerprint density at radius 3 is 2.55 bits per heavy atom. The fraction of sp³-hybridized carbons (Fsp3) is 0.733. The first kappa shape index (κ1) is 15.0. The van der Waals surface area contributed by atoms with Crippen LogP contribution in [0.5, 0.6) is 0 Å². The Balaban J connectivity index is 2.04. The molecule has 0 saturated heterocycles. The highest BCUT2D eigenvalue weighted by Gasteiger charge is 2.51. The molecule has 2 rings (SSSR count). The van der Waals surface area contributed by atoms with Crippen LogP contribution in [0.3, 0.4) is 0 Å². The van der Waals surface area contributed by atoms with Gasteiger partial charge in [0.05, 0.1) is 24.5 Å². The largest absolute Gasteiger partial charge is 0.481 e. The number of hydrogen-bond donors (Lipinski definition) is 2. The van der Waals surface area contributed by atoms with Crippen molar-refractivity contribution in [2.75, 3.05) is 13.7 Å². The van der Waals surface area contributed by atoms with Gasteiger partial charge in [-0.15, -0.1) is 0 Å². The van der Waals surface area contributed by atoms with Gasteiger partial charge in [0, 0.05) is 7.11 Å². The predicted molar refractivity (Wildman–Crippen MR) is 74.1 cm³/mol. The molecule has 2 aliphatic rings. The molecule has 0 aliphatic heterocycles. The van der Waals surface area contributed by atoms with Crippen molar-refractivity contribution < 1.29 is 19.4 Å². The van der Waals surface area contributed by atoms with Gasteiger partial charge >= 0.3 is 5.97 Å². The third-order valence-corrected chi connectivity index (χ3v) is 4.40. The minimum atomic E-state index is -0.860. The van der Waals surface area contributed by atoms with Gasteiger partial charge in [-0.2, -0.15) is 0 Å². The van der Waals surface area contributed by atoms with E-state index in [2.05, 4.69) is 12.2 Å². The maximum absolute atomic E-state index is 12.4. The second kappa shape index (κ2) is 6.39. The monoisotopic (exact) mass is 281 g/mol. The van der Waals surface area contributed by atoms with E-state index < -0.39 is 17.8 Å². The van der Waals surface area contributed by atoms with Crippen LogP contribution in [-0.2, 0) is 14.3 Å². The van der Waals surface area contributed by atoms with E-state index in [1.807, 2.05) is 12.2 Å². The zero-order valence-corrected chi connectivity index (χ0v) is 12.0. The number of fused-ring (bicyclic) bond motifs is 2. The van der Waals surface area contributed by atoms with Gasteiger partial charge in [0.2, 0.25) is 5.91 Å². The van der Waals surface area contributed by atoms with E-state index in [0.717, 1.165) is 19.3 Å². The molecule has 0 heterocycles. The Kier molecular flexibility index (Phi) is 4.81. The molecule has 1 saturated carbocycles. The van der Waals surface area contributed by atoms with Crippen molar-refractivity contribution >= 4 is 11.9 Å². The van der Waals surface area contributed by atoms with Crippen LogP contribution >= 0.6 is 0 Å². The zero-order valence-electron chi connectivity index (χ0n) is 12.0.